The lowest BCUT2D eigenvalue weighted by atomic mass is 10.0. The number of hydrogen-bond acceptors (Lipinski definition) is 4. The molecule has 5 nitrogen and oxygen atoms in total. The highest BCUT2D eigenvalue weighted by atomic mass is 35.5. The number of nitrogens with zero attached hydrogens (tertiary/aromatic N) is 1. The molecule has 2 rings (SSSR count). The number of carboxylic acid groups (broad SMARTS) is 1. The van der Waals surface area contributed by atoms with E-state index in [1.807, 2.05) is 4.90 Å². The van der Waals surface area contributed by atoms with E-state index in [0.717, 1.165) is 5.56 Å². The average Bonchev–Trinajstić information content (AvgIpc) is 2.84. The van der Waals surface area contributed by atoms with Crippen molar-refractivity contribution in [3.63, 3.8) is 0 Å². The zero-order chi connectivity index (χ0) is 14.8. The van der Waals surface area contributed by atoms with E-state index < -0.39 is 17.7 Å². The normalized spacial score (nSPS) is 24.8. The highest BCUT2D eigenvalue weighted by molar-refractivity contribution is 6.30. The van der Waals surface area contributed by atoms with Crippen LogP contribution in [0.4, 0.5) is 0 Å². The van der Waals surface area contributed by atoms with E-state index in [2.05, 4.69) is 0 Å². The second-order valence-electron chi connectivity index (χ2n) is 5.06. The van der Waals surface area contributed by atoms with E-state index in [4.69, 9.17) is 16.3 Å². The number of aliphatic hydroxyl groups excluding tert-OH is 1. The van der Waals surface area contributed by atoms with E-state index in [-0.39, 0.29) is 6.54 Å². The van der Waals surface area contributed by atoms with Crippen molar-refractivity contribution in [2.45, 2.75) is 18.1 Å². The number of carboxylic acids is 1. The van der Waals surface area contributed by atoms with Crippen molar-refractivity contribution in [1.82, 2.24) is 4.90 Å². The topological polar surface area (TPSA) is 70.0 Å². The molecule has 1 saturated heterocycles. The van der Waals surface area contributed by atoms with Crippen LogP contribution in [-0.4, -0.2) is 53.4 Å². The molecule has 1 aromatic carbocycles. The third-order valence-electron chi connectivity index (χ3n) is 3.78. The molecule has 1 aliphatic heterocycles. The number of hydrogen-bond donors (Lipinski definition) is 2. The van der Waals surface area contributed by atoms with Crippen molar-refractivity contribution in [2.75, 3.05) is 26.7 Å². The van der Waals surface area contributed by atoms with Crippen molar-refractivity contribution in [3.8, 4) is 0 Å². The fourth-order valence-corrected chi connectivity index (χ4v) is 2.60. The van der Waals surface area contributed by atoms with Crippen LogP contribution in [0.1, 0.15) is 18.1 Å². The average molecular weight is 300 g/mol. The molecule has 6 heteroatoms. The Bertz CT molecular complexity index is 479. The molecule has 0 aliphatic carbocycles. The minimum absolute atomic E-state index is 0.281. The first-order valence-corrected chi connectivity index (χ1v) is 6.79. The van der Waals surface area contributed by atoms with Gasteiger partial charge in [-0.25, -0.2) is 4.79 Å². The minimum atomic E-state index is -1.15. The second kappa shape index (κ2) is 6.10. The van der Waals surface area contributed by atoms with Gasteiger partial charge in [0.2, 0.25) is 0 Å². The minimum Gasteiger partial charge on any atom is -0.479 e. The van der Waals surface area contributed by atoms with E-state index in [9.17, 15) is 15.0 Å². The number of halogens is 1. The fraction of sp³-hybridized carbons (Fsp3) is 0.500. The van der Waals surface area contributed by atoms with Gasteiger partial charge in [-0.15, -0.1) is 0 Å². The fourth-order valence-electron chi connectivity index (χ4n) is 2.48. The van der Waals surface area contributed by atoms with Gasteiger partial charge in [-0.3, -0.25) is 4.90 Å². The molecule has 1 heterocycles. The lowest BCUT2D eigenvalue weighted by molar-refractivity contribution is -0.160. The molecule has 110 valence electrons. The summed E-state index contributed by atoms with van der Waals surface area (Å²) in [4.78, 5) is 13.2. The number of aliphatic hydroxyl groups is 1. The van der Waals surface area contributed by atoms with Gasteiger partial charge in [-0.1, -0.05) is 23.7 Å². The Morgan fingerprint density at radius 1 is 1.50 bits per heavy atom. The molecule has 0 amide bonds. The molecular formula is C14H18ClNO4. The van der Waals surface area contributed by atoms with Crippen LogP contribution < -0.4 is 0 Å². The first kappa shape index (κ1) is 15.3. The molecule has 1 aromatic rings. The smallest absolute Gasteiger partial charge is 0.337 e. The van der Waals surface area contributed by atoms with Crippen molar-refractivity contribution in [3.05, 3.63) is 34.9 Å². The predicted molar refractivity (Wildman–Crippen MR) is 74.8 cm³/mol. The molecule has 20 heavy (non-hydrogen) atoms. The number of benzene rings is 1. The number of carbonyl (C=O) groups is 1. The summed E-state index contributed by atoms with van der Waals surface area (Å²) in [5.41, 5.74) is -0.390. The van der Waals surface area contributed by atoms with Gasteiger partial charge in [0.25, 0.3) is 0 Å². The molecule has 1 fully saturated rings. The van der Waals surface area contributed by atoms with Gasteiger partial charge in [0.15, 0.2) is 5.60 Å². The maximum Gasteiger partial charge on any atom is 0.337 e. The summed E-state index contributed by atoms with van der Waals surface area (Å²) in [6, 6.07) is 6.98. The quantitative estimate of drug-likeness (QED) is 0.863. The molecule has 0 spiro atoms. The Hall–Kier alpha value is -1.14. The highest BCUT2D eigenvalue weighted by Gasteiger charge is 2.45. The standard InChI is InChI=1S/C14H18ClNO4/c1-20-14(13(18)19)6-7-16(9-14)8-12(17)10-2-4-11(15)5-3-10/h2-5,12,17H,6-9H2,1H3,(H,18,19)/t12-,14?/m1/s1. The molecule has 2 N–H and O–H groups in total. The summed E-state index contributed by atoms with van der Waals surface area (Å²) >= 11 is 5.80. The molecule has 1 aliphatic rings. The third-order valence-corrected chi connectivity index (χ3v) is 4.03. The SMILES string of the molecule is COC1(C(=O)O)CCN(C[C@@H](O)c2ccc(Cl)cc2)C1. The van der Waals surface area contributed by atoms with E-state index in [0.29, 0.717) is 24.5 Å². The Morgan fingerprint density at radius 2 is 2.15 bits per heavy atom. The maximum atomic E-state index is 11.3. The highest BCUT2D eigenvalue weighted by Crippen LogP contribution is 2.27. The zero-order valence-corrected chi connectivity index (χ0v) is 12.0. The second-order valence-corrected chi connectivity index (χ2v) is 5.49. The van der Waals surface area contributed by atoms with Crippen molar-refractivity contribution in [1.29, 1.82) is 0 Å². The molecule has 0 bridgehead atoms. The van der Waals surface area contributed by atoms with Gasteiger partial charge in [-0.05, 0) is 17.7 Å². The third kappa shape index (κ3) is 3.12. The Labute approximate surface area is 122 Å². The number of ether oxygens (including phenoxy) is 1. The van der Waals surface area contributed by atoms with Gasteiger partial charge in [0, 0.05) is 38.2 Å². The van der Waals surface area contributed by atoms with Crippen molar-refractivity contribution < 1.29 is 19.7 Å². The number of methoxy groups -OCH3 is 1. The van der Waals surface area contributed by atoms with Gasteiger partial charge in [-0.2, -0.15) is 0 Å². The zero-order valence-electron chi connectivity index (χ0n) is 11.3. The number of β-amino-alcohol motifs (C(OH)–C–C–N with tert-alkyl or cyclic N) is 1. The van der Waals surface area contributed by atoms with Crippen molar-refractivity contribution >= 4 is 17.6 Å². The van der Waals surface area contributed by atoms with Gasteiger partial charge < -0.3 is 14.9 Å². The van der Waals surface area contributed by atoms with Crippen LogP contribution in [0, 0.1) is 0 Å². The van der Waals surface area contributed by atoms with Crippen LogP contribution >= 0.6 is 11.6 Å². The van der Waals surface area contributed by atoms with Gasteiger partial charge in [0.1, 0.15) is 0 Å². The van der Waals surface area contributed by atoms with Crippen LogP contribution in [0.25, 0.3) is 0 Å². The van der Waals surface area contributed by atoms with Crippen LogP contribution in [0.15, 0.2) is 24.3 Å². The molecule has 0 saturated carbocycles. The largest absolute Gasteiger partial charge is 0.479 e. The van der Waals surface area contributed by atoms with Crippen LogP contribution in [0.3, 0.4) is 0 Å². The van der Waals surface area contributed by atoms with E-state index in [1.54, 1.807) is 24.3 Å². The molecule has 0 radical (unpaired) electrons. The van der Waals surface area contributed by atoms with E-state index >= 15 is 0 Å². The molecular weight excluding hydrogens is 282 g/mol. The summed E-state index contributed by atoms with van der Waals surface area (Å²) in [7, 11) is 1.41. The Morgan fingerprint density at radius 3 is 2.65 bits per heavy atom. The number of rotatable bonds is 5. The summed E-state index contributed by atoms with van der Waals surface area (Å²) in [5.74, 6) is -0.955. The number of aliphatic carboxylic acids is 1. The molecule has 2 atom stereocenters. The van der Waals surface area contributed by atoms with Gasteiger partial charge in [0.05, 0.1) is 6.10 Å². The van der Waals surface area contributed by atoms with Crippen molar-refractivity contribution in [2.24, 2.45) is 0 Å². The van der Waals surface area contributed by atoms with Crippen LogP contribution in [0.5, 0.6) is 0 Å². The summed E-state index contributed by atoms with van der Waals surface area (Å²) in [6.45, 7) is 1.24. The Kier molecular flexibility index (Phi) is 4.65. The summed E-state index contributed by atoms with van der Waals surface area (Å²) < 4.78 is 5.15. The molecule has 0 aromatic heterocycles. The monoisotopic (exact) mass is 299 g/mol. The first-order chi connectivity index (χ1) is 9.47. The predicted octanol–water partition coefficient (Wildman–Crippen LogP) is 1.55. The van der Waals surface area contributed by atoms with Crippen LogP contribution in [0.2, 0.25) is 5.02 Å². The lowest BCUT2D eigenvalue weighted by Crippen LogP contribution is -2.43. The Balaban J connectivity index is 1.98. The van der Waals surface area contributed by atoms with Gasteiger partial charge >= 0.3 is 5.97 Å². The van der Waals surface area contributed by atoms with E-state index in [1.165, 1.54) is 7.11 Å². The lowest BCUT2D eigenvalue weighted by Gasteiger charge is -2.24. The maximum absolute atomic E-state index is 11.3. The van der Waals surface area contributed by atoms with Crippen LogP contribution in [-0.2, 0) is 9.53 Å². The summed E-state index contributed by atoms with van der Waals surface area (Å²) in [6.07, 6.45) is -0.250. The molecule has 1 unspecified atom stereocenters. The first-order valence-electron chi connectivity index (χ1n) is 6.41. The number of likely N-dealkylation sites (tertiary alicyclic amines) is 1. The summed E-state index contributed by atoms with van der Waals surface area (Å²) in [5, 5.41) is 20.0.